The first kappa shape index (κ1) is 18.3. The van der Waals surface area contributed by atoms with Gasteiger partial charge in [-0.2, -0.15) is 0 Å². The highest BCUT2D eigenvalue weighted by Gasteiger charge is 2.19. The summed E-state index contributed by atoms with van der Waals surface area (Å²) in [5.41, 5.74) is 5.85. The molecule has 0 atom stereocenters. The van der Waals surface area contributed by atoms with Gasteiger partial charge in [0.2, 0.25) is 10.0 Å². The van der Waals surface area contributed by atoms with Gasteiger partial charge in [-0.15, -0.1) is 12.4 Å². The molecule has 0 saturated carbocycles. The molecule has 19 heavy (non-hydrogen) atoms. The van der Waals surface area contributed by atoms with Crippen molar-refractivity contribution in [2.45, 2.75) is 11.8 Å². The van der Waals surface area contributed by atoms with Crippen LogP contribution in [0.5, 0.6) is 0 Å². The fourth-order valence-corrected chi connectivity index (χ4v) is 2.90. The average molecular weight is 373 g/mol. The predicted octanol–water partition coefficient (Wildman–Crippen LogP) is 0.515. The molecular weight excluding hydrogens is 358 g/mol. The second-order valence-corrected chi connectivity index (χ2v) is 6.11. The Morgan fingerprint density at radius 3 is 2.47 bits per heavy atom. The Morgan fingerprint density at radius 2 is 2.00 bits per heavy atom. The second kappa shape index (κ2) is 7.20. The summed E-state index contributed by atoms with van der Waals surface area (Å²) in [6.45, 7) is 2.15. The van der Waals surface area contributed by atoms with E-state index in [0.717, 1.165) is 0 Å². The Morgan fingerprint density at radius 1 is 1.42 bits per heavy atom. The number of primary sulfonamides is 1. The Bertz CT molecular complexity index is 578. The molecule has 0 radical (unpaired) electrons. The van der Waals surface area contributed by atoms with Gasteiger partial charge in [-0.05, 0) is 24.6 Å². The maximum absolute atomic E-state index is 11.8. The molecule has 0 aliphatic rings. The monoisotopic (exact) mass is 371 g/mol. The van der Waals surface area contributed by atoms with Crippen LogP contribution in [0.4, 0.5) is 0 Å². The highest BCUT2D eigenvalue weighted by molar-refractivity contribution is 9.10. The molecule has 1 rings (SSSR count). The van der Waals surface area contributed by atoms with Gasteiger partial charge in [0.05, 0.1) is 4.90 Å². The molecular formula is C10H15BrClN3O3S. The van der Waals surface area contributed by atoms with Crippen LogP contribution in [0.3, 0.4) is 0 Å². The van der Waals surface area contributed by atoms with Gasteiger partial charge >= 0.3 is 0 Å². The molecule has 0 heterocycles. The third-order valence-corrected chi connectivity index (χ3v) is 3.80. The van der Waals surface area contributed by atoms with Gasteiger partial charge in [-0.1, -0.05) is 15.9 Å². The Balaban J connectivity index is 0.00000324. The minimum Gasteiger partial charge on any atom is -0.351 e. The van der Waals surface area contributed by atoms with Gasteiger partial charge in [0.1, 0.15) is 0 Å². The molecule has 108 valence electrons. The topological polar surface area (TPSA) is 115 Å². The van der Waals surface area contributed by atoms with Crippen molar-refractivity contribution in [2.24, 2.45) is 10.9 Å². The van der Waals surface area contributed by atoms with Gasteiger partial charge in [-0.3, -0.25) is 4.79 Å². The molecule has 1 aromatic carbocycles. The summed E-state index contributed by atoms with van der Waals surface area (Å²) in [4.78, 5) is 11.8. The van der Waals surface area contributed by atoms with E-state index in [1.807, 2.05) is 0 Å². The first-order valence-electron chi connectivity index (χ1n) is 5.08. The molecule has 1 amide bonds. The molecule has 0 aliphatic heterocycles. The first-order valence-corrected chi connectivity index (χ1v) is 7.42. The zero-order valence-electron chi connectivity index (χ0n) is 10.1. The van der Waals surface area contributed by atoms with Crippen LogP contribution in [0.25, 0.3) is 0 Å². The fraction of sp³-hybridized carbons (Fsp3) is 0.300. The maximum atomic E-state index is 11.8. The number of halogens is 2. The molecule has 0 saturated heterocycles. The molecule has 1 aromatic rings. The fourth-order valence-electron chi connectivity index (χ4n) is 1.47. The molecule has 0 unspecified atom stereocenters. The number of carbonyl (C=O) groups excluding carboxylic acids is 1. The zero-order valence-corrected chi connectivity index (χ0v) is 13.4. The van der Waals surface area contributed by atoms with Crippen LogP contribution in [0.2, 0.25) is 0 Å². The number of carbonyl (C=O) groups is 1. The summed E-state index contributed by atoms with van der Waals surface area (Å²) in [7, 11) is -3.87. The molecule has 5 N–H and O–H groups in total. The molecule has 0 aromatic heterocycles. The minimum absolute atomic E-state index is 0. The van der Waals surface area contributed by atoms with Crippen LogP contribution < -0.4 is 16.2 Å². The number of rotatable bonds is 4. The summed E-state index contributed by atoms with van der Waals surface area (Å²) < 4.78 is 23.3. The van der Waals surface area contributed by atoms with Gasteiger partial charge in [0.25, 0.3) is 5.91 Å². The summed E-state index contributed by atoms with van der Waals surface area (Å²) in [6, 6.07) is 2.90. The van der Waals surface area contributed by atoms with E-state index in [2.05, 4.69) is 21.2 Å². The SMILES string of the molecule is Cc1c(C(=O)NCCN)cc(Br)cc1S(N)(=O)=O.Cl. The number of benzene rings is 1. The van der Waals surface area contributed by atoms with Gasteiger partial charge in [0.15, 0.2) is 0 Å². The molecule has 0 fully saturated rings. The lowest BCUT2D eigenvalue weighted by molar-refractivity contribution is 0.0954. The van der Waals surface area contributed by atoms with E-state index in [9.17, 15) is 13.2 Å². The number of nitrogens with two attached hydrogens (primary N) is 2. The third kappa shape index (κ3) is 4.73. The van der Waals surface area contributed by atoms with Gasteiger partial charge in [-0.25, -0.2) is 13.6 Å². The van der Waals surface area contributed by atoms with Crippen LogP contribution in [0.15, 0.2) is 21.5 Å². The van der Waals surface area contributed by atoms with Crippen LogP contribution in [0.1, 0.15) is 15.9 Å². The molecule has 0 spiro atoms. The standard InChI is InChI=1S/C10H14BrN3O3S.ClH/c1-6-8(10(15)14-3-2-12)4-7(11)5-9(6)18(13,16)17;/h4-5H,2-3,12H2,1H3,(H,14,15)(H2,13,16,17);1H. The van der Waals surface area contributed by atoms with E-state index in [1.54, 1.807) is 0 Å². The summed E-state index contributed by atoms with van der Waals surface area (Å²) in [5.74, 6) is -0.385. The Kier molecular flexibility index (Phi) is 6.95. The number of hydrogen-bond donors (Lipinski definition) is 3. The summed E-state index contributed by atoms with van der Waals surface area (Å²) >= 11 is 3.15. The van der Waals surface area contributed by atoms with E-state index in [1.165, 1.54) is 19.1 Å². The highest BCUT2D eigenvalue weighted by atomic mass is 79.9. The van der Waals surface area contributed by atoms with Crippen molar-refractivity contribution < 1.29 is 13.2 Å². The van der Waals surface area contributed by atoms with Crippen molar-refractivity contribution in [3.8, 4) is 0 Å². The van der Waals surface area contributed by atoms with Crippen molar-refractivity contribution in [1.29, 1.82) is 0 Å². The summed E-state index contributed by atoms with van der Waals surface area (Å²) in [5, 5.41) is 7.67. The van der Waals surface area contributed by atoms with Crippen molar-refractivity contribution >= 4 is 44.3 Å². The van der Waals surface area contributed by atoms with Crippen molar-refractivity contribution in [2.75, 3.05) is 13.1 Å². The highest BCUT2D eigenvalue weighted by Crippen LogP contribution is 2.23. The number of sulfonamides is 1. The smallest absolute Gasteiger partial charge is 0.251 e. The van der Waals surface area contributed by atoms with Crippen LogP contribution in [0, 0.1) is 6.92 Å². The van der Waals surface area contributed by atoms with Crippen LogP contribution in [-0.4, -0.2) is 27.4 Å². The van der Waals surface area contributed by atoms with Gasteiger partial charge < -0.3 is 11.1 Å². The zero-order chi connectivity index (χ0) is 13.9. The molecule has 6 nitrogen and oxygen atoms in total. The van der Waals surface area contributed by atoms with E-state index in [4.69, 9.17) is 10.9 Å². The lowest BCUT2D eigenvalue weighted by Gasteiger charge is -2.11. The Labute approximate surface area is 126 Å². The van der Waals surface area contributed by atoms with Crippen LogP contribution in [-0.2, 0) is 10.0 Å². The van der Waals surface area contributed by atoms with Crippen molar-refractivity contribution in [3.63, 3.8) is 0 Å². The quantitative estimate of drug-likeness (QED) is 0.714. The number of amides is 1. The van der Waals surface area contributed by atoms with Crippen LogP contribution >= 0.6 is 28.3 Å². The van der Waals surface area contributed by atoms with Crippen molar-refractivity contribution in [3.05, 3.63) is 27.7 Å². The van der Waals surface area contributed by atoms with E-state index >= 15 is 0 Å². The molecule has 9 heteroatoms. The maximum Gasteiger partial charge on any atom is 0.251 e. The summed E-state index contributed by atoms with van der Waals surface area (Å²) in [6.07, 6.45) is 0. The third-order valence-electron chi connectivity index (χ3n) is 2.31. The average Bonchev–Trinajstić information content (AvgIpc) is 2.27. The molecule has 0 bridgehead atoms. The lowest BCUT2D eigenvalue weighted by atomic mass is 10.1. The normalized spacial score (nSPS) is 10.7. The Hall–Kier alpha value is -0.670. The number of hydrogen-bond acceptors (Lipinski definition) is 4. The first-order chi connectivity index (χ1) is 8.27. The van der Waals surface area contributed by atoms with E-state index in [0.29, 0.717) is 23.1 Å². The predicted molar refractivity (Wildman–Crippen MR) is 78.9 cm³/mol. The van der Waals surface area contributed by atoms with E-state index < -0.39 is 10.0 Å². The van der Waals surface area contributed by atoms with Crippen molar-refractivity contribution in [1.82, 2.24) is 5.32 Å². The van der Waals surface area contributed by atoms with E-state index in [-0.39, 0.29) is 28.8 Å². The molecule has 0 aliphatic carbocycles. The second-order valence-electron chi connectivity index (χ2n) is 3.67. The number of nitrogens with one attached hydrogen (secondary N) is 1. The largest absolute Gasteiger partial charge is 0.351 e. The van der Waals surface area contributed by atoms with Gasteiger partial charge in [0, 0.05) is 23.1 Å². The minimum atomic E-state index is -3.87. The lowest BCUT2D eigenvalue weighted by Crippen LogP contribution is -2.30.